The number of aryl methyl sites for hydroxylation is 2. The standard InChI is InChI=1S/C18H21NO3S/c1-5-21-16-8-13-7-11(3)22-15(13)9-14(16)19-18(20)17-6-10(2)12(4)23-17/h6,8-9,11H,5,7H2,1-4H3,(H,19,20)/t11-/m1/s1. The number of benzene rings is 1. The molecule has 0 radical (unpaired) electrons. The lowest BCUT2D eigenvalue weighted by Crippen LogP contribution is -2.11. The Bertz CT molecular complexity index is 731. The van der Waals surface area contributed by atoms with Crippen molar-refractivity contribution in [1.82, 2.24) is 0 Å². The Balaban J connectivity index is 1.89. The molecule has 1 aromatic heterocycles. The molecule has 1 N–H and O–H groups in total. The van der Waals surface area contributed by atoms with Gasteiger partial charge in [0.25, 0.3) is 5.91 Å². The van der Waals surface area contributed by atoms with Crippen molar-refractivity contribution in [2.75, 3.05) is 11.9 Å². The highest BCUT2D eigenvalue weighted by molar-refractivity contribution is 7.14. The second-order valence-corrected chi connectivity index (χ2v) is 7.08. The number of thiophene rings is 1. The molecule has 1 aliphatic rings. The van der Waals surface area contributed by atoms with Gasteiger partial charge in [0.2, 0.25) is 0 Å². The molecule has 1 aromatic carbocycles. The quantitative estimate of drug-likeness (QED) is 0.906. The van der Waals surface area contributed by atoms with Crippen LogP contribution >= 0.6 is 11.3 Å². The highest BCUT2D eigenvalue weighted by Gasteiger charge is 2.23. The number of nitrogens with one attached hydrogen (secondary N) is 1. The molecule has 122 valence electrons. The van der Waals surface area contributed by atoms with Crippen molar-refractivity contribution in [3.8, 4) is 11.5 Å². The van der Waals surface area contributed by atoms with E-state index in [0.29, 0.717) is 22.9 Å². The van der Waals surface area contributed by atoms with E-state index in [1.165, 1.54) is 11.3 Å². The largest absolute Gasteiger partial charge is 0.492 e. The van der Waals surface area contributed by atoms with Crippen molar-refractivity contribution in [2.45, 2.75) is 40.2 Å². The summed E-state index contributed by atoms with van der Waals surface area (Å²) in [6.45, 7) is 8.56. The molecular weight excluding hydrogens is 310 g/mol. The predicted octanol–water partition coefficient (Wildman–Crippen LogP) is 4.34. The first kappa shape index (κ1) is 15.9. The fourth-order valence-corrected chi connectivity index (χ4v) is 3.61. The van der Waals surface area contributed by atoms with E-state index in [1.54, 1.807) is 0 Å². The van der Waals surface area contributed by atoms with Crippen LogP contribution in [0.1, 0.15) is 39.5 Å². The van der Waals surface area contributed by atoms with E-state index in [-0.39, 0.29) is 12.0 Å². The number of anilines is 1. The maximum Gasteiger partial charge on any atom is 0.265 e. The third-order valence-electron chi connectivity index (χ3n) is 3.94. The molecule has 1 aliphatic heterocycles. The second-order valence-electron chi connectivity index (χ2n) is 5.83. The van der Waals surface area contributed by atoms with E-state index >= 15 is 0 Å². The van der Waals surface area contributed by atoms with Gasteiger partial charge >= 0.3 is 0 Å². The van der Waals surface area contributed by atoms with Crippen LogP contribution in [0.4, 0.5) is 5.69 Å². The van der Waals surface area contributed by atoms with E-state index in [4.69, 9.17) is 9.47 Å². The summed E-state index contributed by atoms with van der Waals surface area (Å²) in [5.41, 5.74) is 2.92. The van der Waals surface area contributed by atoms with Gasteiger partial charge in [0, 0.05) is 22.9 Å². The summed E-state index contributed by atoms with van der Waals surface area (Å²) in [7, 11) is 0. The van der Waals surface area contributed by atoms with Crippen molar-refractivity contribution in [3.05, 3.63) is 39.1 Å². The van der Waals surface area contributed by atoms with E-state index in [0.717, 1.165) is 28.2 Å². The number of amides is 1. The zero-order valence-electron chi connectivity index (χ0n) is 13.9. The van der Waals surface area contributed by atoms with Gasteiger partial charge in [0.05, 0.1) is 17.2 Å². The van der Waals surface area contributed by atoms with Gasteiger partial charge in [-0.3, -0.25) is 4.79 Å². The van der Waals surface area contributed by atoms with Crippen molar-refractivity contribution >= 4 is 22.9 Å². The lowest BCUT2D eigenvalue weighted by molar-refractivity contribution is 0.103. The molecule has 0 aliphatic carbocycles. The first-order chi connectivity index (χ1) is 11.0. The maximum absolute atomic E-state index is 12.5. The minimum absolute atomic E-state index is 0.113. The van der Waals surface area contributed by atoms with Crippen LogP contribution in [-0.4, -0.2) is 18.6 Å². The van der Waals surface area contributed by atoms with E-state index in [1.807, 2.05) is 45.9 Å². The number of hydrogen-bond acceptors (Lipinski definition) is 4. The fraction of sp³-hybridized carbons (Fsp3) is 0.389. The molecule has 23 heavy (non-hydrogen) atoms. The summed E-state index contributed by atoms with van der Waals surface area (Å²) in [6.07, 6.45) is 1.03. The molecule has 0 fully saturated rings. The number of carbonyl (C=O) groups excluding carboxylic acids is 1. The minimum Gasteiger partial charge on any atom is -0.492 e. The molecule has 5 heteroatoms. The van der Waals surface area contributed by atoms with Gasteiger partial charge in [-0.1, -0.05) is 0 Å². The first-order valence-electron chi connectivity index (χ1n) is 7.82. The van der Waals surface area contributed by atoms with E-state index in [9.17, 15) is 4.79 Å². The van der Waals surface area contributed by atoms with Crippen molar-refractivity contribution < 1.29 is 14.3 Å². The van der Waals surface area contributed by atoms with Gasteiger partial charge in [-0.15, -0.1) is 11.3 Å². The normalized spacial score (nSPS) is 15.9. The molecule has 4 nitrogen and oxygen atoms in total. The summed E-state index contributed by atoms with van der Waals surface area (Å²) in [4.78, 5) is 14.4. The molecule has 0 bridgehead atoms. The third-order valence-corrected chi connectivity index (χ3v) is 5.09. The van der Waals surface area contributed by atoms with Crippen molar-refractivity contribution in [1.29, 1.82) is 0 Å². The Labute approximate surface area is 140 Å². The average Bonchev–Trinajstić information content (AvgIpc) is 3.01. The molecule has 0 saturated carbocycles. The molecule has 0 saturated heterocycles. The number of carbonyl (C=O) groups is 1. The van der Waals surface area contributed by atoms with Crippen LogP contribution in [0.2, 0.25) is 0 Å². The highest BCUT2D eigenvalue weighted by Crippen LogP contribution is 2.38. The van der Waals surface area contributed by atoms with Gasteiger partial charge in [-0.05, 0) is 45.4 Å². The molecule has 0 spiro atoms. The molecular formula is C18H21NO3S. The second kappa shape index (κ2) is 6.24. The number of hydrogen-bond donors (Lipinski definition) is 1. The summed E-state index contributed by atoms with van der Waals surface area (Å²) < 4.78 is 11.5. The monoisotopic (exact) mass is 331 g/mol. The van der Waals surface area contributed by atoms with Crippen LogP contribution in [0.3, 0.4) is 0 Å². The van der Waals surface area contributed by atoms with Gasteiger partial charge in [-0.2, -0.15) is 0 Å². The van der Waals surface area contributed by atoms with Gasteiger partial charge in [0.1, 0.15) is 17.6 Å². The van der Waals surface area contributed by atoms with Crippen LogP contribution in [0.5, 0.6) is 11.5 Å². The predicted molar refractivity (Wildman–Crippen MR) is 93.2 cm³/mol. The number of fused-ring (bicyclic) bond motifs is 1. The average molecular weight is 331 g/mol. The highest BCUT2D eigenvalue weighted by atomic mass is 32.1. The van der Waals surface area contributed by atoms with E-state index in [2.05, 4.69) is 5.32 Å². The lowest BCUT2D eigenvalue weighted by atomic mass is 10.1. The fourth-order valence-electron chi connectivity index (χ4n) is 2.68. The Morgan fingerprint density at radius 2 is 2.17 bits per heavy atom. The van der Waals surface area contributed by atoms with Crippen molar-refractivity contribution in [2.24, 2.45) is 0 Å². The van der Waals surface area contributed by atoms with Crippen LogP contribution in [-0.2, 0) is 6.42 Å². The Kier molecular flexibility index (Phi) is 4.31. The first-order valence-corrected chi connectivity index (χ1v) is 8.64. The topological polar surface area (TPSA) is 47.6 Å². The SMILES string of the molecule is CCOc1cc2c(cc1NC(=O)c1cc(C)c(C)s1)O[C@H](C)C2. The minimum atomic E-state index is -0.113. The zero-order chi connectivity index (χ0) is 16.6. The lowest BCUT2D eigenvalue weighted by Gasteiger charge is -2.13. The maximum atomic E-state index is 12.5. The smallest absolute Gasteiger partial charge is 0.265 e. The summed E-state index contributed by atoms with van der Waals surface area (Å²) in [5, 5.41) is 2.96. The van der Waals surface area contributed by atoms with Crippen molar-refractivity contribution in [3.63, 3.8) is 0 Å². The van der Waals surface area contributed by atoms with E-state index < -0.39 is 0 Å². The zero-order valence-corrected chi connectivity index (χ0v) is 14.7. The van der Waals surface area contributed by atoms with Crippen LogP contribution in [0, 0.1) is 13.8 Å². The Morgan fingerprint density at radius 3 is 2.83 bits per heavy atom. The van der Waals surface area contributed by atoms with Gasteiger partial charge < -0.3 is 14.8 Å². The Morgan fingerprint density at radius 1 is 1.39 bits per heavy atom. The number of rotatable bonds is 4. The van der Waals surface area contributed by atoms with Gasteiger partial charge in [-0.25, -0.2) is 0 Å². The van der Waals surface area contributed by atoms with Crippen LogP contribution in [0.25, 0.3) is 0 Å². The molecule has 3 rings (SSSR count). The number of ether oxygens (including phenoxy) is 2. The molecule has 0 unspecified atom stereocenters. The van der Waals surface area contributed by atoms with Crippen LogP contribution < -0.4 is 14.8 Å². The Hall–Kier alpha value is -2.01. The summed E-state index contributed by atoms with van der Waals surface area (Å²) in [5.74, 6) is 1.41. The molecule has 2 heterocycles. The van der Waals surface area contributed by atoms with Gasteiger partial charge in [0.15, 0.2) is 0 Å². The third kappa shape index (κ3) is 3.20. The molecule has 1 atom stereocenters. The summed E-state index contributed by atoms with van der Waals surface area (Å²) in [6, 6.07) is 5.76. The molecule has 2 aromatic rings. The molecule has 1 amide bonds. The van der Waals surface area contributed by atoms with Crippen LogP contribution in [0.15, 0.2) is 18.2 Å². The summed E-state index contributed by atoms with van der Waals surface area (Å²) >= 11 is 1.50.